The van der Waals surface area contributed by atoms with Gasteiger partial charge in [-0.15, -0.1) is 0 Å². The SMILES string of the molecule is CCCc1cnc(C(N)CCS(C)(=O)=O)[nH]1. The Bertz CT molecular complexity index is 425. The number of H-pyrrole nitrogens is 1. The van der Waals surface area contributed by atoms with Crippen molar-refractivity contribution >= 4 is 9.84 Å². The molecule has 0 aliphatic carbocycles. The number of rotatable bonds is 6. The summed E-state index contributed by atoms with van der Waals surface area (Å²) in [4.78, 5) is 7.28. The van der Waals surface area contributed by atoms with Crippen LogP contribution in [0.15, 0.2) is 6.20 Å². The second-order valence-electron chi connectivity index (χ2n) is 4.07. The molecule has 0 saturated carbocycles. The Morgan fingerprint density at radius 1 is 1.56 bits per heavy atom. The van der Waals surface area contributed by atoms with Crippen molar-refractivity contribution in [2.75, 3.05) is 12.0 Å². The molecule has 0 fully saturated rings. The predicted octanol–water partition coefficient (Wildman–Crippen LogP) is 0.797. The molecular weight excluding hydrogens is 226 g/mol. The van der Waals surface area contributed by atoms with Gasteiger partial charge in [0.1, 0.15) is 15.7 Å². The van der Waals surface area contributed by atoms with Gasteiger partial charge in [0.2, 0.25) is 0 Å². The van der Waals surface area contributed by atoms with E-state index >= 15 is 0 Å². The normalized spacial score (nSPS) is 13.9. The van der Waals surface area contributed by atoms with E-state index in [0.29, 0.717) is 12.2 Å². The molecule has 1 unspecified atom stereocenters. The summed E-state index contributed by atoms with van der Waals surface area (Å²) in [5.41, 5.74) is 6.90. The third-order valence-corrected chi connectivity index (χ3v) is 3.30. The molecular formula is C10H19N3O2S. The van der Waals surface area contributed by atoms with Gasteiger partial charge in [-0.25, -0.2) is 13.4 Å². The molecule has 5 nitrogen and oxygen atoms in total. The number of aromatic amines is 1. The second-order valence-corrected chi connectivity index (χ2v) is 6.33. The molecule has 0 saturated heterocycles. The van der Waals surface area contributed by atoms with Crippen LogP contribution >= 0.6 is 0 Å². The molecule has 1 rings (SSSR count). The summed E-state index contributed by atoms with van der Waals surface area (Å²) < 4.78 is 22.0. The minimum absolute atomic E-state index is 0.0952. The average molecular weight is 245 g/mol. The van der Waals surface area contributed by atoms with E-state index < -0.39 is 9.84 Å². The molecule has 0 radical (unpaired) electrons. The first-order valence-corrected chi connectivity index (χ1v) is 7.45. The van der Waals surface area contributed by atoms with E-state index in [1.54, 1.807) is 6.20 Å². The van der Waals surface area contributed by atoms with E-state index in [1.165, 1.54) is 6.26 Å². The zero-order chi connectivity index (χ0) is 12.2. The van der Waals surface area contributed by atoms with Crippen LogP contribution in [0, 0.1) is 0 Å². The maximum absolute atomic E-state index is 11.0. The van der Waals surface area contributed by atoms with Crippen LogP contribution in [-0.2, 0) is 16.3 Å². The number of aromatic nitrogens is 2. The molecule has 0 bridgehead atoms. The quantitative estimate of drug-likeness (QED) is 0.775. The van der Waals surface area contributed by atoms with Crippen LogP contribution in [0.5, 0.6) is 0 Å². The fraction of sp³-hybridized carbons (Fsp3) is 0.700. The lowest BCUT2D eigenvalue weighted by molar-refractivity contribution is 0.587. The Balaban J connectivity index is 2.55. The van der Waals surface area contributed by atoms with Crippen LogP contribution in [-0.4, -0.2) is 30.4 Å². The van der Waals surface area contributed by atoms with Gasteiger partial charge in [-0.05, 0) is 12.8 Å². The lowest BCUT2D eigenvalue weighted by Crippen LogP contribution is -2.17. The molecule has 1 heterocycles. The Morgan fingerprint density at radius 2 is 2.25 bits per heavy atom. The molecule has 0 aliphatic rings. The predicted molar refractivity (Wildman–Crippen MR) is 63.8 cm³/mol. The monoisotopic (exact) mass is 245 g/mol. The highest BCUT2D eigenvalue weighted by Crippen LogP contribution is 2.12. The standard InChI is InChI=1S/C10H19N3O2S/c1-3-4-8-7-12-10(13-8)9(11)5-6-16(2,14)15/h7,9H,3-6,11H2,1-2H3,(H,12,13). The highest BCUT2D eigenvalue weighted by molar-refractivity contribution is 7.90. The van der Waals surface area contributed by atoms with Gasteiger partial charge < -0.3 is 10.7 Å². The lowest BCUT2D eigenvalue weighted by Gasteiger charge is -2.07. The van der Waals surface area contributed by atoms with Crippen LogP contribution in [0.1, 0.15) is 37.3 Å². The summed E-state index contributed by atoms with van der Waals surface area (Å²) in [6.07, 6.45) is 5.35. The third kappa shape index (κ3) is 4.32. The van der Waals surface area contributed by atoms with Gasteiger partial charge in [0.05, 0.1) is 11.8 Å². The molecule has 1 aromatic rings. The number of hydrogen-bond acceptors (Lipinski definition) is 4. The highest BCUT2D eigenvalue weighted by Gasteiger charge is 2.13. The van der Waals surface area contributed by atoms with Crippen LogP contribution in [0.4, 0.5) is 0 Å². The van der Waals surface area contributed by atoms with Crippen LogP contribution in [0.2, 0.25) is 0 Å². The van der Waals surface area contributed by atoms with E-state index in [0.717, 1.165) is 18.5 Å². The molecule has 0 amide bonds. The molecule has 3 N–H and O–H groups in total. The minimum atomic E-state index is -2.95. The molecule has 1 atom stereocenters. The number of aryl methyl sites for hydroxylation is 1. The molecule has 6 heteroatoms. The van der Waals surface area contributed by atoms with Crippen molar-refractivity contribution in [3.63, 3.8) is 0 Å². The smallest absolute Gasteiger partial charge is 0.147 e. The molecule has 92 valence electrons. The van der Waals surface area contributed by atoms with Crippen LogP contribution < -0.4 is 5.73 Å². The Hall–Kier alpha value is -0.880. The van der Waals surface area contributed by atoms with E-state index in [-0.39, 0.29) is 11.8 Å². The van der Waals surface area contributed by atoms with E-state index in [2.05, 4.69) is 16.9 Å². The summed E-state index contributed by atoms with van der Waals surface area (Å²) in [7, 11) is -2.95. The van der Waals surface area contributed by atoms with Crippen LogP contribution in [0.3, 0.4) is 0 Å². The summed E-state index contributed by atoms with van der Waals surface area (Å²) in [6.45, 7) is 2.09. The van der Waals surface area contributed by atoms with Gasteiger partial charge in [-0.3, -0.25) is 0 Å². The zero-order valence-corrected chi connectivity index (χ0v) is 10.5. The van der Waals surface area contributed by atoms with Crippen molar-refractivity contribution in [2.24, 2.45) is 5.73 Å². The van der Waals surface area contributed by atoms with Gasteiger partial charge >= 0.3 is 0 Å². The molecule has 16 heavy (non-hydrogen) atoms. The maximum atomic E-state index is 11.0. The van der Waals surface area contributed by atoms with Gasteiger partial charge in [-0.1, -0.05) is 13.3 Å². The largest absolute Gasteiger partial charge is 0.345 e. The minimum Gasteiger partial charge on any atom is -0.345 e. The maximum Gasteiger partial charge on any atom is 0.147 e. The molecule has 0 spiro atoms. The number of nitrogens with one attached hydrogen (secondary N) is 1. The number of nitrogens with two attached hydrogens (primary N) is 1. The zero-order valence-electron chi connectivity index (χ0n) is 9.73. The van der Waals surface area contributed by atoms with E-state index in [1.807, 2.05) is 0 Å². The molecule has 0 aliphatic heterocycles. The van der Waals surface area contributed by atoms with Gasteiger partial charge in [0, 0.05) is 18.1 Å². The van der Waals surface area contributed by atoms with Crippen molar-refractivity contribution in [3.8, 4) is 0 Å². The van der Waals surface area contributed by atoms with Crippen molar-refractivity contribution in [3.05, 3.63) is 17.7 Å². The summed E-state index contributed by atoms with van der Waals surface area (Å²) in [6, 6.07) is -0.333. The fourth-order valence-electron chi connectivity index (χ4n) is 1.44. The number of imidazole rings is 1. The third-order valence-electron chi connectivity index (χ3n) is 2.32. The second kappa shape index (κ2) is 5.45. The Kier molecular flexibility index (Phi) is 4.49. The molecule has 0 aromatic carbocycles. The highest BCUT2D eigenvalue weighted by atomic mass is 32.2. The first kappa shape index (κ1) is 13.2. The van der Waals surface area contributed by atoms with Gasteiger partial charge in [0.15, 0.2) is 0 Å². The van der Waals surface area contributed by atoms with E-state index in [9.17, 15) is 8.42 Å². The first-order chi connectivity index (χ1) is 7.42. The number of nitrogens with zero attached hydrogens (tertiary/aromatic N) is 1. The van der Waals surface area contributed by atoms with Crippen molar-refractivity contribution < 1.29 is 8.42 Å². The summed E-state index contributed by atoms with van der Waals surface area (Å²) in [5.74, 6) is 0.768. The Labute approximate surface area is 96.4 Å². The summed E-state index contributed by atoms with van der Waals surface area (Å²) in [5, 5.41) is 0. The van der Waals surface area contributed by atoms with E-state index in [4.69, 9.17) is 5.73 Å². The number of sulfone groups is 1. The summed E-state index contributed by atoms with van der Waals surface area (Å²) >= 11 is 0. The fourth-order valence-corrected chi connectivity index (χ4v) is 2.12. The first-order valence-electron chi connectivity index (χ1n) is 5.39. The van der Waals surface area contributed by atoms with Crippen molar-refractivity contribution in [1.29, 1.82) is 0 Å². The average Bonchev–Trinajstić information content (AvgIpc) is 2.62. The van der Waals surface area contributed by atoms with Crippen molar-refractivity contribution in [1.82, 2.24) is 9.97 Å². The molecule has 1 aromatic heterocycles. The van der Waals surface area contributed by atoms with Gasteiger partial charge in [0.25, 0.3) is 0 Å². The van der Waals surface area contributed by atoms with Gasteiger partial charge in [-0.2, -0.15) is 0 Å². The lowest BCUT2D eigenvalue weighted by atomic mass is 10.2. The van der Waals surface area contributed by atoms with Crippen LogP contribution in [0.25, 0.3) is 0 Å². The topological polar surface area (TPSA) is 88.8 Å². The Morgan fingerprint density at radius 3 is 2.81 bits per heavy atom. The number of hydrogen-bond donors (Lipinski definition) is 2. The van der Waals surface area contributed by atoms with Crippen molar-refractivity contribution in [2.45, 2.75) is 32.2 Å².